The Hall–Kier alpha value is -1.26. The monoisotopic (exact) mass is 293 g/mol. The van der Waals surface area contributed by atoms with E-state index in [1.807, 2.05) is 13.2 Å². The van der Waals surface area contributed by atoms with Crippen molar-refractivity contribution in [3.8, 4) is 11.5 Å². The van der Waals surface area contributed by atoms with Crippen molar-refractivity contribution in [2.75, 3.05) is 27.9 Å². The number of methoxy groups -OCH3 is 3. The maximum atomic E-state index is 5.78. The maximum Gasteiger partial charge on any atom is 0.161 e. The van der Waals surface area contributed by atoms with E-state index < -0.39 is 0 Å². The topological polar surface area (TPSA) is 39.7 Å². The molecule has 0 amide bonds. The summed E-state index contributed by atoms with van der Waals surface area (Å²) in [6.45, 7) is 3.16. The number of hydrogen-bond donors (Lipinski definition) is 1. The van der Waals surface area contributed by atoms with E-state index >= 15 is 0 Å². The second-order valence-corrected chi connectivity index (χ2v) is 5.58. The Bertz CT molecular complexity index is 446. The number of hydrogen-bond acceptors (Lipinski definition) is 4. The minimum absolute atomic E-state index is 0.197. The number of benzene rings is 1. The van der Waals surface area contributed by atoms with Gasteiger partial charge in [0, 0.05) is 7.11 Å². The molecule has 2 unspecified atom stereocenters. The molecule has 2 rings (SSSR count). The van der Waals surface area contributed by atoms with Gasteiger partial charge in [-0.15, -0.1) is 0 Å². The van der Waals surface area contributed by atoms with Crippen molar-refractivity contribution in [3.63, 3.8) is 0 Å². The summed E-state index contributed by atoms with van der Waals surface area (Å²) in [7, 11) is 5.14. The van der Waals surface area contributed by atoms with Crippen molar-refractivity contribution in [2.45, 2.75) is 38.3 Å². The molecule has 2 atom stereocenters. The second-order valence-electron chi connectivity index (χ2n) is 5.58. The highest BCUT2D eigenvalue weighted by Crippen LogP contribution is 2.41. The summed E-state index contributed by atoms with van der Waals surface area (Å²) in [5, 5.41) is 3.63. The normalized spacial score (nSPS) is 17.3. The van der Waals surface area contributed by atoms with E-state index in [9.17, 15) is 0 Å². The Labute approximate surface area is 127 Å². The predicted octanol–water partition coefficient (Wildman–Crippen LogP) is 3.17. The van der Waals surface area contributed by atoms with Gasteiger partial charge in [0.1, 0.15) is 0 Å². The Kier molecular flexibility index (Phi) is 5.88. The molecule has 0 radical (unpaired) electrons. The van der Waals surface area contributed by atoms with Crippen LogP contribution in [0.2, 0.25) is 0 Å². The molecule has 0 saturated heterocycles. The largest absolute Gasteiger partial charge is 0.493 e. The van der Waals surface area contributed by atoms with Gasteiger partial charge in [-0.3, -0.25) is 0 Å². The van der Waals surface area contributed by atoms with Gasteiger partial charge in [0.15, 0.2) is 11.5 Å². The lowest BCUT2D eigenvalue weighted by Gasteiger charge is -2.28. The molecule has 1 aromatic carbocycles. The van der Waals surface area contributed by atoms with E-state index in [1.165, 1.54) is 18.4 Å². The molecule has 118 valence electrons. The highest BCUT2D eigenvalue weighted by atomic mass is 16.5. The van der Waals surface area contributed by atoms with E-state index in [0.717, 1.165) is 24.5 Å². The first-order valence-corrected chi connectivity index (χ1v) is 7.73. The Morgan fingerprint density at radius 3 is 2.38 bits per heavy atom. The van der Waals surface area contributed by atoms with E-state index in [0.29, 0.717) is 5.92 Å². The number of nitrogens with one attached hydrogen (secondary N) is 1. The predicted molar refractivity (Wildman–Crippen MR) is 84.1 cm³/mol. The van der Waals surface area contributed by atoms with Gasteiger partial charge in [-0.25, -0.2) is 0 Å². The fraction of sp³-hybridized carbons (Fsp3) is 0.647. The summed E-state index contributed by atoms with van der Waals surface area (Å²) in [6, 6.07) is 6.32. The molecular weight excluding hydrogens is 266 g/mol. The molecule has 0 aliphatic heterocycles. The van der Waals surface area contributed by atoms with Crippen molar-refractivity contribution in [1.29, 1.82) is 0 Å². The minimum atomic E-state index is 0.197. The summed E-state index contributed by atoms with van der Waals surface area (Å²) in [4.78, 5) is 0. The number of rotatable bonds is 9. The zero-order valence-corrected chi connectivity index (χ0v) is 13.5. The van der Waals surface area contributed by atoms with Gasteiger partial charge >= 0.3 is 0 Å². The smallest absolute Gasteiger partial charge is 0.161 e. The molecular formula is C17H27NO3. The van der Waals surface area contributed by atoms with Crippen molar-refractivity contribution >= 4 is 0 Å². The van der Waals surface area contributed by atoms with Gasteiger partial charge in [0.2, 0.25) is 0 Å². The lowest BCUT2D eigenvalue weighted by Crippen LogP contribution is -2.35. The summed E-state index contributed by atoms with van der Waals surface area (Å²) in [6.07, 6.45) is 3.84. The SMILES string of the molecule is CCCNC(c1ccc(OC)c(OC)c1)C(OC)C1CC1. The van der Waals surface area contributed by atoms with Crippen LogP contribution in [0.5, 0.6) is 11.5 Å². The van der Waals surface area contributed by atoms with Crippen LogP contribution in [0, 0.1) is 5.92 Å². The van der Waals surface area contributed by atoms with Crippen molar-refractivity contribution in [1.82, 2.24) is 5.32 Å². The average Bonchev–Trinajstić information content (AvgIpc) is 3.35. The fourth-order valence-electron chi connectivity index (χ4n) is 2.80. The van der Waals surface area contributed by atoms with Gasteiger partial charge in [-0.2, -0.15) is 0 Å². The van der Waals surface area contributed by atoms with Crippen LogP contribution in [0.4, 0.5) is 0 Å². The first-order chi connectivity index (χ1) is 10.2. The standard InChI is InChI=1S/C17H27NO3/c1-5-10-18-16(17(21-4)12-6-7-12)13-8-9-14(19-2)15(11-13)20-3/h8-9,11-12,16-18H,5-7,10H2,1-4H3. The molecule has 1 aliphatic rings. The zero-order chi connectivity index (χ0) is 15.2. The highest BCUT2D eigenvalue weighted by molar-refractivity contribution is 5.44. The molecule has 1 aliphatic carbocycles. The Morgan fingerprint density at radius 2 is 1.86 bits per heavy atom. The second kappa shape index (κ2) is 7.66. The van der Waals surface area contributed by atoms with Gasteiger partial charge in [0.25, 0.3) is 0 Å². The van der Waals surface area contributed by atoms with Crippen molar-refractivity contribution in [3.05, 3.63) is 23.8 Å². The Balaban J connectivity index is 2.26. The summed E-state index contributed by atoms with van der Waals surface area (Å²) >= 11 is 0. The van der Waals surface area contributed by atoms with Crippen LogP contribution in [0.25, 0.3) is 0 Å². The van der Waals surface area contributed by atoms with Gasteiger partial charge in [0.05, 0.1) is 26.4 Å². The molecule has 1 fully saturated rings. The first-order valence-electron chi connectivity index (χ1n) is 7.73. The average molecular weight is 293 g/mol. The third-order valence-corrected chi connectivity index (χ3v) is 4.07. The third kappa shape index (κ3) is 3.89. The molecule has 0 heterocycles. The van der Waals surface area contributed by atoms with Crippen LogP contribution in [0.1, 0.15) is 37.8 Å². The van der Waals surface area contributed by atoms with E-state index in [4.69, 9.17) is 14.2 Å². The van der Waals surface area contributed by atoms with Gasteiger partial charge < -0.3 is 19.5 Å². The van der Waals surface area contributed by atoms with Crippen molar-refractivity contribution in [2.24, 2.45) is 5.92 Å². The number of ether oxygens (including phenoxy) is 3. The van der Waals surface area contributed by atoms with Crippen LogP contribution >= 0.6 is 0 Å². The fourth-order valence-corrected chi connectivity index (χ4v) is 2.80. The Morgan fingerprint density at radius 1 is 1.14 bits per heavy atom. The van der Waals surface area contributed by atoms with Gasteiger partial charge in [-0.1, -0.05) is 13.0 Å². The molecule has 21 heavy (non-hydrogen) atoms. The molecule has 0 aromatic heterocycles. The molecule has 0 bridgehead atoms. The molecule has 1 saturated carbocycles. The third-order valence-electron chi connectivity index (χ3n) is 4.07. The molecule has 4 heteroatoms. The minimum Gasteiger partial charge on any atom is -0.493 e. The summed E-state index contributed by atoms with van der Waals surface area (Å²) in [5.74, 6) is 2.19. The zero-order valence-electron chi connectivity index (χ0n) is 13.5. The van der Waals surface area contributed by atoms with Gasteiger partial charge in [-0.05, 0) is 49.4 Å². The van der Waals surface area contributed by atoms with Crippen LogP contribution in [-0.4, -0.2) is 34.0 Å². The quantitative estimate of drug-likeness (QED) is 0.759. The van der Waals surface area contributed by atoms with Crippen LogP contribution in [-0.2, 0) is 4.74 Å². The van der Waals surface area contributed by atoms with Crippen molar-refractivity contribution < 1.29 is 14.2 Å². The lowest BCUT2D eigenvalue weighted by atomic mass is 9.97. The molecule has 4 nitrogen and oxygen atoms in total. The van der Waals surface area contributed by atoms with E-state index in [2.05, 4.69) is 24.4 Å². The highest BCUT2D eigenvalue weighted by Gasteiger charge is 2.37. The van der Waals surface area contributed by atoms with E-state index in [-0.39, 0.29) is 12.1 Å². The molecule has 0 spiro atoms. The van der Waals surface area contributed by atoms with Crippen LogP contribution in [0.3, 0.4) is 0 Å². The lowest BCUT2D eigenvalue weighted by molar-refractivity contribution is 0.0506. The van der Waals surface area contributed by atoms with Crippen LogP contribution < -0.4 is 14.8 Å². The first kappa shape index (κ1) is 16.1. The maximum absolute atomic E-state index is 5.78. The van der Waals surface area contributed by atoms with E-state index in [1.54, 1.807) is 14.2 Å². The molecule has 1 aromatic rings. The molecule has 1 N–H and O–H groups in total. The summed E-state index contributed by atoms with van der Waals surface area (Å²) in [5.41, 5.74) is 1.19. The summed E-state index contributed by atoms with van der Waals surface area (Å²) < 4.78 is 16.5. The van der Waals surface area contributed by atoms with Crippen LogP contribution in [0.15, 0.2) is 18.2 Å².